The Bertz CT molecular complexity index is 489. The van der Waals surface area contributed by atoms with E-state index in [2.05, 4.69) is 33.7 Å². The molecule has 0 spiro atoms. The van der Waals surface area contributed by atoms with Gasteiger partial charge in [0.1, 0.15) is 5.52 Å². The molecule has 0 amide bonds. The summed E-state index contributed by atoms with van der Waals surface area (Å²) in [5.41, 5.74) is 1.71. The van der Waals surface area contributed by atoms with Crippen LogP contribution in [0.5, 0.6) is 0 Å². The Kier molecular flexibility index (Phi) is 4.14. The van der Waals surface area contributed by atoms with Gasteiger partial charge in [-0.15, -0.1) is 10.2 Å². The van der Waals surface area contributed by atoms with E-state index in [9.17, 15) is 0 Å². The number of hydrogen-bond donors (Lipinski definition) is 1. The molecule has 0 aliphatic heterocycles. The summed E-state index contributed by atoms with van der Waals surface area (Å²) in [5, 5.41) is 11.6. The van der Waals surface area contributed by atoms with E-state index in [0.29, 0.717) is 12.0 Å². The highest BCUT2D eigenvalue weighted by Gasteiger charge is 2.07. The van der Waals surface area contributed by atoms with Crippen LogP contribution in [0.25, 0.3) is 11.0 Å². The molecular formula is C12H16N4S. The SMILES string of the molecule is CCC(CSC)Nc1nnc2ccccc2n1. The van der Waals surface area contributed by atoms with Gasteiger partial charge in [0.2, 0.25) is 5.95 Å². The molecule has 0 aliphatic rings. The van der Waals surface area contributed by atoms with Crippen molar-refractivity contribution in [1.29, 1.82) is 0 Å². The van der Waals surface area contributed by atoms with Crippen molar-refractivity contribution in [2.75, 3.05) is 17.3 Å². The highest BCUT2D eigenvalue weighted by molar-refractivity contribution is 7.98. The highest BCUT2D eigenvalue weighted by atomic mass is 32.2. The van der Waals surface area contributed by atoms with E-state index >= 15 is 0 Å². The van der Waals surface area contributed by atoms with E-state index in [1.54, 1.807) is 0 Å². The molecule has 90 valence electrons. The van der Waals surface area contributed by atoms with Crippen molar-refractivity contribution in [2.24, 2.45) is 0 Å². The van der Waals surface area contributed by atoms with Gasteiger partial charge in [0.05, 0.1) is 5.52 Å². The van der Waals surface area contributed by atoms with Gasteiger partial charge >= 0.3 is 0 Å². The Morgan fingerprint density at radius 2 is 2.00 bits per heavy atom. The van der Waals surface area contributed by atoms with Gasteiger partial charge in [0, 0.05) is 11.8 Å². The second-order valence-electron chi connectivity index (χ2n) is 3.83. The maximum atomic E-state index is 4.45. The first kappa shape index (κ1) is 12.1. The van der Waals surface area contributed by atoms with Crippen LogP contribution in [0.2, 0.25) is 0 Å². The van der Waals surface area contributed by atoms with Crippen molar-refractivity contribution in [3.05, 3.63) is 24.3 Å². The third kappa shape index (κ3) is 3.06. The molecule has 1 atom stereocenters. The van der Waals surface area contributed by atoms with Gasteiger partial charge in [-0.25, -0.2) is 4.98 Å². The van der Waals surface area contributed by atoms with Crippen molar-refractivity contribution in [3.8, 4) is 0 Å². The Hall–Kier alpha value is -1.36. The number of aromatic nitrogens is 3. The lowest BCUT2D eigenvalue weighted by Crippen LogP contribution is -2.22. The summed E-state index contributed by atoms with van der Waals surface area (Å²) in [6.45, 7) is 2.16. The van der Waals surface area contributed by atoms with E-state index in [4.69, 9.17) is 0 Å². The summed E-state index contributed by atoms with van der Waals surface area (Å²) >= 11 is 1.82. The molecule has 5 heteroatoms. The lowest BCUT2D eigenvalue weighted by atomic mass is 10.3. The molecule has 0 bridgehead atoms. The largest absolute Gasteiger partial charge is 0.349 e. The number of hydrogen-bond acceptors (Lipinski definition) is 5. The number of nitrogens with one attached hydrogen (secondary N) is 1. The van der Waals surface area contributed by atoms with Crippen LogP contribution < -0.4 is 5.32 Å². The Morgan fingerprint density at radius 3 is 2.71 bits per heavy atom. The summed E-state index contributed by atoms with van der Waals surface area (Å²) in [5.74, 6) is 1.66. The smallest absolute Gasteiger partial charge is 0.243 e. The molecule has 1 unspecified atom stereocenters. The molecule has 0 fully saturated rings. The first-order valence-corrected chi connectivity index (χ1v) is 7.07. The molecule has 0 radical (unpaired) electrons. The number of rotatable bonds is 5. The molecule has 1 aromatic carbocycles. The van der Waals surface area contributed by atoms with Crippen LogP contribution in [0.4, 0.5) is 5.95 Å². The lowest BCUT2D eigenvalue weighted by molar-refractivity contribution is 0.759. The van der Waals surface area contributed by atoms with E-state index in [0.717, 1.165) is 23.2 Å². The quantitative estimate of drug-likeness (QED) is 0.881. The van der Waals surface area contributed by atoms with Crippen LogP contribution in [0.1, 0.15) is 13.3 Å². The van der Waals surface area contributed by atoms with Crippen molar-refractivity contribution >= 4 is 28.7 Å². The van der Waals surface area contributed by atoms with Crippen LogP contribution in [-0.4, -0.2) is 33.2 Å². The maximum Gasteiger partial charge on any atom is 0.243 e. The first-order valence-electron chi connectivity index (χ1n) is 5.68. The molecular weight excluding hydrogens is 232 g/mol. The zero-order chi connectivity index (χ0) is 12.1. The molecule has 1 heterocycles. The standard InChI is InChI=1S/C12H16N4S/c1-3-9(8-17-2)13-12-14-10-6-4-5-7-11(10)15-16-12/h4-7,9H,3,8H2,1-2H3,(H,13,14,16). The highest BCUT2D eigenvalue weighted by Crippen LogP contribution is 2.11. The monoisotopic (exact) mass is 248 g/mol. The lowest BCUT2D eigenvalue weighted by Gasteiger charge is -2.14. The number of para-hydroxylation sites is 1. The van der Waals surface area contributed by atoms with Crippen LogP contribution in [0.15, 0.2) is 24.3 Å². The van der Waals surface area contributed by atoms with Gasteiger partial charge < -0.3 is 5.32 Å². The minimum absolute atomic E-state index is 0.396. The fourth-order valence-electron chi connectivity index (χ4n) is 1.59. The fraction of sp³-hybridized carbons (Fsp3) is 0.417. The summed E-state index contributed by atoms with van der Waals surface area (Å²) in [4.78, 5) is 4.45. The van der Waals surface area contributed by atoms with Gasteiger partial charge in [0.15, 0.2) is 0 Å². The van der Waals surface area contributed by atoms with E-state index in [1.165, 1.54) is 0 Å². The zero-order valence-electron chi connectivity index (χ0n) is 10.1. The average molecular weight is 248 g/mol. The van der Waals surface area contributed by atoms with Crippen LogP contribution in [0, 0.1) is 0 Å². The molecule has 0 saturated heterocycles. The fourth-order valence-corrected chi connectivity index (χ4v) is 2.31. The van der Waals surface area contributed by atoms with Crippen LogP contribution in [-0.2, 0) is 0 Å². The Morgan fingerprint density at radius 1 is 1.24 bits per heavy atom. The predicted octanol–water partition coefficient (Wildman–Crippen LogP) is 2.58. The minimum atomic E-state index is 0.396. The maximum absolute atomic E-state index is 4.45. The van der Waals surface area contributed by atoms with E-state index in [1.807, 2.05) is 36.0 Å². The van der Waals surface area contributed by atoms with E-state index < -0.39 is 0 Å². The van der Waals surface area contributed by atoms with Crippen LogP contribution in [0.3, 0.4) is 0 Å². The second-order valence-corrected chi connectivity index (χ2v) is 4.74. The number of benzene rings is 1. The summed E-state index contributed by atoms with van der Waals surface area (Å²) in [6.07, 6.45) is 3.15. The molecule has 4 nitrogen and oxygen atoms in total. The number of fused-ring (bicyclic) bond motifs is 1. The average Bonchev–Trinajstić information content (AvgIpc) is 2.38. The van der Waals surface area contributed by atoms with Crippen molar-refractivity contribution < 1.29 is 0 Å². The van der Waals surface area contributed by atoms with Gasteiger partial charge in [-0.3, -0.25) is 0 Å². The molecule has 1 aromatic heterocycles. The van der Waals surface area contributed by atoms with Crippen molar-refractivity contribution in [3.63, 3.8) is 0 Å². The van der Waals surface area contributed by atoms with Crippen molar-refractivity contribution in [2.45, 2.75) is 19.4 Å². The number of anilines is 1. The molecule has 17 heavy (non-hydrogen) atoms. The normalized spacial score (nSPS) is 12.6. The van der Waals surface area contributed by atoms with Crippen molar-refractivity contribution in [1.82, 2.24) is 15.2 Å². The second kappa shape index (κ2) is 5.82. The van der Waals surface area contributed by atoms with Crippen LogP contribution >= 0.6 is 11.8 Å². The van der Waals surface area contributed by atoms with Gasteiger partial charge in [-0.2, -0.15) is 11.8 Å². The molecule has 0 saturated carbocycles. The first-order chi connectivity index (χ1) is 8.33. The molecule has 2 rings (SSSR count). The molecule has 1 N–H and O–H groups in total. The van der Waals surface area contributed by atoms with Gasteiger partial charge in [-0.05, 0) is 24.8 Å². The van der Waals surface area contributed by atoms with Gasteiger partial charge in [0.25, 0.3) is 0 Å². The summed E-state index contributed by atoms with van der Waals surface area (Å²) < 4.78 is 0. The number of nitrogens with zero attached hydrogens (tertiary/aromatic N) is 3. The Balaban J connectivity index is 2.18. The summed E-state index contributed by atoms with van der Waals surface area (Å²) in [7, 11) is 0. The third-order valence-electron chi connectivity index (χ3n) is 2.55. The van der Waals surface area contributed by atoms with Gasteiger partial charge in [-0.1, -0.05) is 19.1 Å². The Labute approximate surface area is 105 Å². The van der Waals surface area contributed by atoms with E-state index in [-0.39, 0.29) is 0 Å². The zero-order valence-corrected chi connectivity index (χ0v) is 10.9. The molecule has 2 aromatic rings. The number of thioether (sulfide) groups is 1. The predicted molar refractivity (Wildman–Crippen MR) is 73.4 cm³/mol. The minimum Gasteiger partial charge on any atom is -0.349 e. The third-order valence-corrected chi connectivity index (χ3v) is 3.29. The summed E-state index contributed by atoms with van der Waals surface area (Å²) in [6, 6.07) is 8.16. The topological polar surface area (TPSA) is 50.7 Å². The molecule has 0 aliphatic carbocycles.